The normalized spacial score (nSPS) is 14.3. The number of hydrogen-bond donors (Lipinski definition) is 0. The van der Waals surface area contributed by atoms with Crippen molar-refractivity contribution in [2.75, 3.05) is 31.1 Å². The lowest BCUT2D eigenvalue weighted by Crippen LogP contribution is -2.48. The van der Waals surface area contributed by atoms with Crippen LogP contribution in [0.25, 0.3) is 31.7 Å². The number of aryl methyl sites for hydroxylation is 1. The summed E-state index contributed by atoms with van der Waals surface area (Å²) < 4.78 is 1.22. The molecule has 1 saturated heterocycles. The van der Waals surface area contributed by atoms with Crippen LogP contribution in [0.1, 0.15) is 15.9 Å². The Labute approximate surface area is 199 Å². The number of para-hydroxylation sites is 1. The summed E-state index contributed by atoms with van der Waals surface area (Å²) in [7, 11) is 0. The second-order valence-electron chi connectivity index (χ2n) is 8.30. The van der Waals surface area contributed by atoms with Crippen LogP contribution in [0, 0.1) is 6.92 Å². The average molecular weight is 471 g/mol. The van der Waals surface area contributed by atoms with Gasteiger partial charge < -0.3 is 9.80 Å². The van der Waals surface area contributed by atoms with Gasteiger partial charge >= 0.3 is 0 Å². The predicted octanol–water partition coefficient (Wildman–Crippen LogP) is 5.84. The molecule has 0 spiro atoms. The molecule has 5 nitrogen and oxygen atoms in total. The van der Waals surface area contributed by atoms with Crippen molar-refractivity contribution in [3.8, 4) is 10.6 Å². The van der Waals surface area contributed by atoms with Crippen LogP contribution in [0.4, 0.5) is 5.13 Å². The molecule has 0 aliphatic carbocycles. The van der Waals surface area contributed by atoms with E-state index in [9.17, 15) is 4.79 Å². The number of fused-ring (bicyclic) bond motifs is 2. The Bertz CT molecular complexity index is 1470. The van der Waals surface area contributed by atoms with Crippen molar-refractivity contribution in [1.29, 1.82) is 0 Å². The van der Waals surface area contributed by atoms with E-state index in [0.29, 0.717) is 13.1 Å². The van der Waals surface area contributed by atoms with Gasteiger partial charge in [0.15, 0.2) is 5.13 Å². The van der Waals surface area contributed by atoms with Crippen molar-refractivity contribution in [3.63, 3.8) is 0 Å². The SMILES string of the molecule is Cc1ccc2nc(N3CCN(C(=O)c4cc(-c5cccs5)nc5ccccc45)CC3)sc2c1. The highest BCUT2D eigenvalue weighted by Gasteiger charge is 2.26. The topological polar surface area (TPSA) is 49.3 Å². The van der Waals surface area contributed by atoms with Crippen molar-refractivity contribution in [3.05, 3.63) is 77.2 Å². The number of thiophene rings is 1. The van der Waals surface area contributed by atoms with E-state index >= 15 is 0 Å². The first kappa shape index (κ1) is 20.3. The maximum absolute atomic E-state index is 13.6. The highest BCUT2D eigenvalue weighted by molar-refractivity contribution is 7.22. The first-order valence-corrected chi connectivity index (χ1v) is 12.7. The number of rotatable bonds is 3. The number of benzene rings is 2. The summed E-state index contributed by atoms with van der Waals surface area (Å²) in [5, 5.41) is 3.99. The van der Waals surface area contributed by atoms with E-state index in [1.807, 2.05) is 52.7 Å². The molecule has 0 N–H and O–H groups in total. The van der Waals surface area contributed by atoms with Crippen molar-refractivity contribution in [1.82, 2.24) is 14.9 Å². The smallest absolute Gasteiger partial charge is 0.254 e. The van der Waals surface area contributed by atoms with Gasteiger partial charge in [-0.3, -0.25) is 4.79 Å². The molecule has 0 atom stereocenters. The molecule has 5 aromatic rings. The molecule has 3 aromatic heterocycles. The first-order chi connectivity index (χ1) is 16.2. The Hall–Kier alpha value is -3.29. The van der Waals surface area contributed by atoms with Crippen molar-refractivity contribution in [2.24, 2.45) is 0 Å². The number of amides is 1. The van der Waals surface area contributed by atoms with Gasteiger partial charge in [-0.2, -0.15) is 0 Å². The largest absolute Gasteiger partial charge is 0.345 e. The number of anilines is 1. The maximum Gasteiger partial charge on any atom is 0.254 e. The Morgan fingerprint density at radius 3 is 2.58 bits per heavy atom. The van der Waals surface area contributed by atoms with Gasteiger partial charge in [-0.25, -0.2) is 9.97 Å². The molecule has 2 aromatic carbocycles. The molecule has 6 rings (SSSR count). The zero-order chi connectivity index (χ0) is 22.4. The fourth-order valence-electron chi connectivity index (χ4n) is 4.33. The van der Waals surface area contributed by atoms with Gasteiger partial charge in [0.25, 0.3) is 5.91 Å². The number of hydrogen-bond acceptors (Lipinski definition) is 6. The predicted molar refractivity (Wildman–Crippen MR) is 138 cm³/mol. The van der Waals surface area contributed by atoms with Crippen LogP contribution < -0.4 is 4.90 Å². The Morgan fingerprint density at radius 2 is 1.76 bits per heavy atom. The van der Waals surface area contributed by atoms with E-state index in [0.717, 1.165) is 50.8 Å². The lowest BCUT2D eigenvalue weighted by atomic mass is 10.1. The van der Waals surface area contributed by atoms with Crippen LogP contribution in [0.3, 0.4) is 0 Å². The average Bonchev–Trinajstić information content (AvgIpc) is 3.53. The second-order valence-corrected chi connectivity index (χ2v) is 10.3. The Balaban J connectivity index is 1.26. The van der Waals surface area contributed by atoms with E-state index in [1.165, 1.54) is 10.3 Å². The van der Waals surface area contributed by atoms with Gasteiger partial charge in [-0.1, -0.05) is 41.7 Å². The van der Waals surface area contributed by atoms with Crippen LogP contribution in [-0.4, -0.2) is 47.0 Å². The van der Waals surface area contributed by atoms with E-state index in [4.69, 9.17) is 9.97 Å². The molecule has 0 unspecified atom stereocenters. The van der Waals surface area contributed by atoms with Crippen LogP contribution in [-0.2, 0) is 0 Å². The fraction of sp³-hybridized carbons (Fsp3) is 0.192. The van der Waals surface area contributed by atoms with Gasteiger partial charge in [-0.05, 0) is 48.2 Å². The molecule has 1 aliphatic rings. The summed E-state index contributed by atoms with van der Waals surface area (Å²) in [5.41, 5.74) is 4.74. The number of piperazine rings is 1. The van der Waals surface area contributed by atoms with Crippen LogP contribution in [0.5, 0.6) is 0 Å². The van der Waals surface area contributed by atoms with E-state index in [2.05, 4.69) is 30.0 Å². The van der Waals surface area contributed by atoms with Crippen molar-refractivity contribution in [2.45, 2.75) is 6.92 Å². The molecule has 1 amide bonds. The summed E-state index contributed by atoms with van der Waals surface area (Å²) in [6.07, 6.45) is 0. The maximum atomic E-state index is 13.6. The highest BCUT2D eigenvalue weighted by Crippen LogP contribution is 2.31. The molecule has 0 saturated carbocycles. The molecular weight excluding hydrogens is 448 g/mol. The molecule has 0 radical (unpaired) electrons. The van der Waals surface area contributed by atoms with Crippen LogP contribution in [0.2, 0.25) is 0 Å². The molecule has 7 heteroatoms. The summed E-state index contributed by atoms with van der Waals surface area (Å²) >= 11 is 3.37. The minimum atomic E-state index is 0.0750. The quantitative estimate of drug-likeness (QED) is 0.332. The second kappa shape index (κ2) is 8.24. The third kappa shape index (κ3) is 3.77. The lowest BCUT2D eigenvalue weighted by Gasteiger charge is -2.34. The van der Waals surface area contributed by atoms with Crippen LogP contribution >= 0.6 is 22.7 Å². The molecule has 0 bridgehead atoms. The van der Waals surface area contributed by atoms with Gasteiger partial charge in [0.1, 0.15) is 0 Å². The first-order valence-electron chi connectivity index (χ1n) is 11.0. The monoisotopic (exact) mass is 470 g/mol. The third-order valence-corrected chi connectivity index (χ3v) is 8.06. The number of thiazole rings is 1. The molecular formula is C26H22N4OS2. The van der Waals surface area contributed by atoms with E-state index < -0.39 is 0 Å². The number of carbonyl (C=O) groups is 1. The summed E-state index contributed by atoms with van der Waals surface area (Å²) in [4.78, 5) is 28.6. The van der Waals surface area contributed by atoms with Crippen molar-refractivity contribution < 1.29 is 4.79 Å². The number of nitrogens with zero attached hydrogens (tertiary/aromatic N) is 4. The standard InChI is InChI=1S/C26H22N4OS2/c1-17-8-9-21-24(15-17)33-26(28-21)30-12-10-29(11-13-30)25(31)19-16-22(23-7-4-14-32-23)27-20-6-3-2-5-18(19)20/h2-9,14-16H,10-13H2,1H3. The summed E-state index contributed by atoms with van der Waals surface area (Å²) in [5.74, 6) is 0.0750. The number of carbonyl (C=O) groups excluding carboxylic acids is 1. The van der Waals surface area contributed by atoms with Gasteiger partial charge in [0.2, 0.25) is 0 Å². The molecule has 1 fully saturated rings. The lowest BCUT2D eigenvalue weighted by molar-refractivity contribution is 0.0748. The number of pyridine rings is 1. The fourth-order valence-corrected chi connectivity index (χ4v) is 6.13. The zero-order valence-corrected chi connectivity index (χ0v) is 19.8. The molecule has 1 aliphatic heterocycles. The van der Waals surface area contributed by atoms with Crippen LogP contribution in [0.15, 0.2) is 66.0 Å². The Kier molecular flexibility index (Phi) is 5.08. The number of aromatic nitrogens is 2. The third-order valence-electron chi connectivity index (χ3n) is 6.09. The summed E-state index contributed by atoms with van der Waals surface area (Å²) in [6.45, 7) is 5.03. The van der Waals surface area contributed by atoms with Gasteiger partial charge in [-0.15, -0.1) is 11.3 Å². The Morgan fingerprint density at radius 1 is 0.909 bits per heavy atom. The highest BCUT2D eigenvalue weighted by atomic mass is 32.1. The minimum Gasteiger partial charge on any atom is -0.345 e. The van der Waals surface area contributed by atoms with E-state index in [1.54, 1.807) is 22.7 Å². The minimum absolute atomic E-state index is 0.0750. The zero-order valence-electron chi connectivity index (χ0n) is 18.2. The van der Waals surface area contributed by atoms with Crippen molar-refractivity contribution >= 4 is 54.8 Å². The van der Waals surface area contributed by atoms with E-state index in [-0.39, 0.29) is 5.91 Å². The molecule has 33 heavy (non-hydrogen) atoms. The molecule has 164 valence electrons. The van der Waals surface area contributed by atoms with Gasteiger partial charge in [0, 0.05) is 31.6 Å². The summed E-state index contributed by atoms with van der Waals surface area (Å²) in [6, 6.07) is 20.3. The van der Waals surface area contributed by atoms with Gasteiger partial charge in [0.05, 0.1) is 31.9 Å². The molecule has 4 heterocycles.